The summed E-state index contributed by atoms with van der Waals surface area (Å²) < 4.78 is 94.7. The molecule has 0 bridgehead atoms. The number of hydrogen-bond donors (Lipinski definition) is 0. The van der Waals surface area contributed by atoms with Crippen LogP contribution in [0.25, 0.3) is 33.4 Å². The number of rotatable bonds is 7. The summed E-state index contributed by atoms with van der Waals surface area (Å²) in [6.45, 7) is 8.35. The van der Waals surface area contributed by atoms with Gasteiger partial charge in [0.2, 0.25) is 0 Å². The van der Waals surface area contributed by atoms with E-state index >= 15 is 0 Å². The molecule has 10 aromatic rings. The molecule has 0 aliphatic carbocycles. The van der Waals surface area contributed by atoms with E-state index in [1.165, 1.54) is 26.7 Å². The van der Waals surface area contributed by atoms with Crippen LogP contribution in [0.2, 0.25) is 0 Å². The molecular formula is C64H47N4OPtSi-3. The summed E-state index contributed by atoms with van der Waals surface area (Å²) in [5, 5.41) is 5.02. The Hall–Kier alpha value is -7.76. The van der Waals surface area contributed by atoms with Crippen molar-refractivity contribution in [1.29, 1.82) is 0 Å². The van der Waals surface area contributed by atoms with E-state index in [-0.39, 0.29) is 54.4 Å². The minimum atomic E-state index is -2.99. The van der Waals surface area contributed by atoms with Gasteiger partial charge in [-0.05, 0) is 79.1 Å². The van der Waals surface area contributed by atoms with Gasteiger partial charge in [-0.25, -0.2) is 4.98 Å². The Labute approximate surface area is 445 Å². The predicted octanol–water partition coefficient (Wildman–Crippen LogP) is 13.7. The Morgan fingerprint density at radius 1 is 0.535 bits per heavy atom. The van der Waals surface area contributed by atoms with E-state index < -0.39 is 68.5 Å². The van der Waals surface area contributed by atoms with Gasteiger partial charge in [-0.1, -0.05) is 184 Å². The number of para-hydroxylation sites is 4. The fourth-order valence-electron chi connectivity index (χ4n) is 10.5. The van der Waals surface area contributed by atoms with Crippen LogP contribution in [0.3, 0.4) is 0 Å². The van der Waals surface area contributed by atoms with E-state index in [1.807, 2.05) is 59.6 Å². The molecule has 346 valence electrons. The molecule has 0 radical (unpaired) electrons. The van der Waals surface area contributed by atoms with Crippen LogP contribution in [0, 0.1) is 18.8 Å². The second-order valence-electron chi connectivity index (χ2n) is 18.5. The van der Waals surface area contributed by atoms with Crippen molar-refractivity contribution < 1.29 is 39.5 Å². The van der Waals surface area contributed by atoms with Crippen LogP contribution >= 0.6 is 0 Å². The van der Waals surface area contributed by atoms with Crippen LogP contribution < -0.4 is 40.2 Å². The third-order valence-corrected chi connectivity index (χ3v) is 18.5. The number of aromatic nitrogens is 1. The van der Waals surface area contributed by atoms with Crippen molar-refractivity contribution in [2.45, 2.75) is 26.2 Å². The largest absolute Gasteiger partial charge is 0.509 e. The van der Waals surface area contributed by atoms with Crippen molar-refractivity contribution in [3.05, 3.63) is 249 Å². The van der Waals surface area contributed by atoms with Crippen molar-refractivity contribution in [2.75, 3.05) is 14.7 Å². The monoisotopic (exact) mass is 1120 g/mol. The minimum absolute atomic E-state index is 0. The smallest absolute Gasteiger partial charge is 0.135 e. The van der Waals surface area contributed by atoms with Gasteiger partial charge < -0.3 is 19.4 Å². The number of anilines is 7. The normalized spacial score (nSPS) is 15.7. The first-order chi connectivity index (χ1) is 38.5. The molecule has 0 N–H and O–H groups in total. The number of ether oxygens (including phenoxy) is 1. The van der Waals surface area contributed by atoms with Gasteiger partial charge in [0.1, 0.15) is 13.9 Å². The van der Waals surface area contributed by atoms with Crippen LogP contribution in [0.15, 0.2) is 224 Å². The van der Waals surface area contributed by atoms with Crippen molar-refractivity contribution in [2.24, 2.45) is 0 Å². The van der Waals surface area contributed by atoms with E-state index in [9.17, 15) is 0 Å². The predicted molar refractivity (Wildman–Crippen MR) is 290 cm³/mol. The maximum atomic E-state index is 9.10. The second kappa shape index (κ2) is 17.6. The summed E-state index contributed by atoms with van der Waals surface area (Å²) in [4.78, 5) is 10.9. The summed E-state index contributed by atoms with van der Waals surface area (Å²) in [5.41, 5.74) is 7.41. The summed E-state index contributed by atoms with van der Waals surface area (Å²) in [6, 6.07) is 54.6. The molecule has 3 aliphatic heterocycles. The van der Waals surface area contributed by atoms with Crippen LogP contribution in [0.5, 0.6) is 11.5 Å². The third-order valence-electron chi connectivity index (χ3n) is 13.5. The molecule has 0 saturated carbocycles. The molecule has 0 saturated heterocycles. The Morgan fingerprint density at radius 2 is 1.08 bits per heavy atom. The first kappa shape index (κ1) is 34.5. The molecule has 7 heteroatoms. The van der Waals surface area contributed by atoms with Crippen molar-refractivity contribution in [3.8, 4) is 44.9 Å². The summed E-state index contributed by atoms with van der Waals surface area (Å²) in [5.74, 6) is 1.58. The van der Waals surface area contributed by atoms with Gasteiger partial charge in [-0.2, -0.15) is 12.1 Å². The van der Waals surface area contributed by atoms with Gasteiger partial charge in [-0.3, -0.25) is 0 Å². The summed E-state index contributed by atoms with van der Waals surface area (Å²) >= 11 is 0. The van der Waals surface area contributed by atoms with E-state index in [4.69, 9.17) is 23.4 Å². The summed E-state index contributed by atoms with van der Waals surface area (Å²) in [6.07, 6.45) is 1.88. The van der Waals surface area contributed by atoms with Gasteiger partial charge in [0.15, 0.2) is 0 Å². The Balaban J connectivity index is 0.00000651. The minimum Gasteiger partial charge on any atom is -0.509 e. The molecule has 0 atom stereocenters. The van der Waals surface area contributed by atoms with Crippen LogP contribution in [-0.4, -0.2) is 13.1 Å². The fraction of sp³-hybridized carbons (Fsp3) is 0.0625. The zero-order valence-electron chi connectivity index (χ0n) is 48.7. The zero-order valence-corrected chi connectivity index (χ0v) is 42.0. The Morgan fingerprint density at radius 3 is 1.73 bits per heavy atom. The third kappa shape index (κ3) is 7.19. The SMILES string of the molecule is [2H]c1c([2H])c([2H])c(-c2cccc(-c3c([2H])c([2H])c([2H])c([2H])c3[2H])c2N2[CH-]N(c3[c-]c(Oc4[c-]c5c(cc4)[Si]4(c6ccccc6-c6ccccc64)c4ccccc4N5c4cc(C(C)(C)C)ccn4)ccc3)c3ccccc32)c([2H])c1[2H].[Pt]. The molecule has 71 heavy (non-hydrogen) atoms. The van der Waals surface area contributed by atoms with Crippen LogP contribution in [0.1, 0.15) is 40.0 Å². The van der Waals surface area contributed by atoms with Gasteiger partial charge in [0, 0.05) is 72.6 Å². The maximum Gasteiger partial charge on any atom is 0.135 e. The quantitative estimate of drug-likeness (QED) is 0.117. The van der Waals surface area contributed by atoms with Crippen LogP contribution in [-0.2, 0) is 26.5 Å². The number of pyridine rings is 1. The first-order valence-electron chi connectivity index (χ1n) is 28.1. The average Bonchev–Trinajstić information content (AvgIpc) is 3.34. The topological polar surface area (TPSA) is 31.8 Å². The standard InChI is InChI=1S/C64H47N4OSi.Pt/c1-64(2,3)46-38-39-65-62(40-46)68-56-32-14-17-35-60(56)70(58-33-15-10-26-52(58)53-27-11-16-34-59(53)70)61-37-36-49(42-57(61)68)69-48-25-18-24-47(41-48)66-43-67(55-31-13-12-30-54(55)66)63-50(44-20-6-4-7-21-44)28-19-29-51(63)45-22-8-5-9-23-45;/h4-40,43H,1-3H3;/q-3;/i4D,5D,6D,7D,8D,9D,20D,21D,22D,23D;. The fourth-order valence-corrected chi connectivity index (χ4v) is 16.0. The van der Waals surface area contributed by atoms with E-state index in [1.54, 1.807) is 29.8 Å². The molecule has 13 rings (SSSR count). The molecule has 5 nitrogen and oxygen atoms in total. The molecule has 4 heterocycles. The molecule has 1 spiro atoms. The summed E-state index contributed by atoms with van der Waals surface area (Å²) in [7, 11) is -2.99. The molecular weight excluding hydrogens is 1060 g/mol. The van der Waals surface area contributed by atoms with Crippen molar-refractivity contribution in [1.82, 2.24) is 4.98 Å². The first-order valence-corrected chi connectivity index (χ1v) is 25.1. The van der Waals surface area contributed by atoms with E-state index in [0.29, 0.717) is 28.6 Å². The van der Waals surface area contributed by atoms with Gasteiger partial charge in [0.25, 0.3) is 0 Å². The number of benzene rings is 9. The van der Waals surface area contributed by atoms with Gasteiger partial charge in [-0.15, -0.1) is 47.9 Å². The number of fused-ring (bicyclic) bond motifs is 10. The second-order valence-corrected chi connectivity index (χ2v) is 22.1. The molecule has 0 fully saturated rings. The molecule has 1 aromatic heterocycles. The van der Waals surface area contributed by atoms with E-state index in [2.05, 4.69) is 129 Å². The maximum absolute atomic E-state index is 9.10. The number of hydrogen-bond acceptors (Lipinski definition) is 5. The average molecular weight is 1120 g/mol. The Bertz CT molecular complexity index is 4080. The number of nitrogens with zero attached hydrogens (tertiary/aromatic N) is 4. The van der Waals surface area contributed by atoms with Gasteiger partial charge >= 0.3 is 0 Å². The Kier molecular flexibility index (Phi) is 8.54. The van der Waals surface area contributed by atoms with Crippen molar-refractivity contribution in [3.63, 3.8) is 0 Å². The van der Waals surface area contributed by atoms with Crippen molar-refractivity contribution >= 4 is 68.8 Å². The molecule has 3 aliphatic rings. The van der Waals surface area contributed by atoms with Gasteiger partial charge in [0.05, 0.1) is 13.7 Å². The van der Waals surface area contributed by atoms with E-state index in [0.717, 1.165) is 27.9 Å². The molecule has 9 aromatic carbocycles. The molecule has 0 amide bonds. The molecule has 0 unspecified atom stereocenters. The zero-order chi connectivity index (χ0) is 55.7. The van der Waals surface area contributed by atoms with Crippen LogP contribution in [0.4, 0.5) is 39.9 Å².